The van der Waals surface area contributed by atoms with E-state index >= 15 is 0 Å². The summed E-state index contributed by atoms with van der Waals surface area (Å²) in [7, 11) is 1.86. The summed E-state index contributed by atoms with van der Waals surface area (Å²) in [4.78, 5) is 0. The molecule has 3 heteroatoms. The first-order valence-corrected chi connectivity index (χ1v) is 4.11. The molecule has 66 valence electrons. The molecule has 1 unspecified atom stereocenters. The van der Waals surface area contributed by atoms with Gasteiger partial charge in [-0.25, -0.2) is 0 Å². The first kappa shape index (κ1) is 9.36. The van der Waals surface area contributed by atoms with Crippen molar-refractivity contribution >= 4 is 11.6 Å². The van der Waals surface area contributed by atoms with Crippen molar-refractivity contribution in [3.63, 3.8) is 0 Å². The minimum absolute atomic E-state index is 0.0532. The maximum atomic E-state index is 5.64. The lowest BCUT2D eigenvalue weighted by atomic mass is 10.1. The Hall–Kier alpha value is -0.730. The molecule has 1 atom stereocenters. The van der Waals surface area contributed by atoms with Crippen LogP contribution in [0.5, 0.6) is 0 Å². The Morgan fingerprint density at radius 3 is 2.67 bits per heavy atom. The van der Waals surface area contributed by atoms with Gasteiger partial charge >= 0.3 is 0 Å². The smallest absolute Gasteiger partial charge is 0.193 e. The number of hydrogen-bond donors (Lipinski definition) is 1. The van der Waals surface area contributed by atoms with Crippen LogP contribution in [0.1, 0.15) is 18.7 Å². The third-order valence-electron chi connectivity index (χ3n) is 1.66. The predicted octanol–water partition coefficient (Wildman–Crippen LogP) is 2.77. The van der Waals surface area contributed by atoms with Crippen LogP contribution >= 0.6 is 11.6 Å². The van der Waals surface area contributed by atoms with Crippen LogP contribution in [0.4, 0.5) is 0 Å². The molecule has 0 saturated heterocycles. The van der Waals surface area contributed by atoms with Crippen LogP contribution in [0.25, 0.3) is 0 Å². The first-order chi connectivity index (χ1) is 5.65. The molecule has 0 aromatic carbocycles. The fraction of sp³-hybridized carbons (Fsp3) is 0.333. The van der Waals surface area contributed by atoms with Crippen molar-refractivity contribution in [1.82, 2.24) is 5.32 Å². The lowest BCUT2D eigenvalue weighted by Crippen LogP contribution is -2.16. The number of rotatable bonds is 3. The van der Waals surface area contributed by atoms with Gasteiger partial charge in [-0.15, -0.1) is 0 Å². The van der Waals surface area contributed by atoms with E-state index in [1.807, 2.05) is 20.0 Å². The van der Waals surface area contributed by atoms with Gasteiger partial charge in [-0.3, -0.25) is 0 Å². The van der Waals surface area contributed by atoms with Crippen molar-refractivity contribution in [1.29, 1.82) is 0 Å². The van der Waals surface area contributed by atoms with Crippen molar-refractivity contribution in [3.8, 4) is 0 Å². The van der Waals surface area contributed by atoms with Crippen LogP contribution in [0.15, 0.2) is 28.7 Å². The molecule has 0 bridgehead atoms. The fourth-order valence-corrected chi connectivity index (χ4v) is 1.27. The Morgan fingerprint density at radius 1 is 1.67 bits per heavy atom. The zero-order chi connectivity index (χ0) is 9.14. The van der Waals surface area contributed by atoms with Gasteiger partial charge in [0, 0.05) is 0 Å². The van der Waals surface area contributed by atoms with Crippen LogP contribution in [-0.2, 0) is 0 Å². The molecule has 0 fully saturated rings. The molecule has 1 rings (SSSR count). The average molecular weight is 186 g/mol. The summed E-state index contributed by atoms with van der Waals surface area (Å²) in [5, 5.41) is 3.49. The van der Waals surface area contributed by atoms with Crippen molar-refractivity contribution in [2.45, 2.75) is 13.0 Å². The molecule has 0 aliphatic rings. The quantitative estimate of drug-likeness (QED) is 0.733. The van der Waals surface area contributed by atoms with Gasteiger partial charge in [0.15, 0.2) is 5.22 Å². The topological polar surface area (TPSA) is 25.2 Å². The van der Waals surface area contributed by atoms with Crippen LogP contribution in [0, 0.1) is 0 Å². The molecular formula is C9H12ClNO. The lowest BCUT2D eigenvalue weighted by molar-refractivity contribution is 0.461. The van der Waals surface area contributed by atoms with Crippen LogP contribution in [0.3, 0.4) is 0 Å². The molecule has 0 amide bonds. The summed E-state index contributed by atoms with van der Waals surface area (Å²) in [6, 6.07) is 3.63. The van der Waals surface area contributed by atoms with Gasteiger partial charge in [-0.1, -0.05) is 12.2 Å². The molecule has 0 radical (unpaired) electrons. The highest BCUT2D eigenvalue weighted by Gasteiger charge is 2.13. The molecule has 12 heavy (non-hydrogen) atoms. The van der Waals surface area contributed by atoms with E-state index in [1.165, 1.54) is 0 Å². The molecule has 0 aliphatic heterocycles. The lowest BCUT2D eigenvalue weighted by Gasteiger charge is -2.12. The number of furan rings is 1. The van der Waals surface area contributed by atoms with Gasteiger partial charge in [0.25, 0.3) is 0 Å². The van der Waals surface area contributed by atoms with Crippen molar-refractivity contribution in [2.75, 3.05) is 7.05 Å². The second-order valence-electron chi connectivity index (χ2n) is 2.71. The predicted molar refractivity (Wildman–Crippen MR) is 50.3 cm³/mol. The number of likely N-dealkylation sites (N-methyl/N-ethyl adjacent to an activating group) is 1. The van der Waals surface area contributed by atoms with Crippen LogP contribution < -0.4 is 5.32 Å². The molecule has 1 heterocycles. The number of halogens is 1. The Morgan fingerprint density at radius 2 is 2.33 bits per heavy atom. The van der Waals surface area contributed by atoms with Crippen LogP contribution in [-0.4, -0.2) is 7.05 Å². The van der Waals surface area contributed by atoms with Crippen molar-refractivity contribution in [2.24, 2.45) is 0 Å². The molecule has 1 N–H and O–H groups in total. The van der Waals surface area contributed by atoms with Gasteiger partial charge in [-0.2, -0.15) is 0 Å². The Bertz CT molecular complexity index is 280. The fourth-order valence-electron chi connectivity index (χ4n) is 1.11. The number of nitrogens with one attached hydrogen (secondary N) is 1. The van der Waals surface area contributed by atoms with Gasteiger partial charge < -0.3 is 9.73 Å². The Kier molecular flexibility index (Phi) is 2.95. The zero-order valence-corrected chi connectivity index (χ0v) is 7.98. The van der Waals surface area contributed by atoms with E-state index in [4.69, 9.17) is 16.0 Å². The number of hydrogen-bond acceptors (Lipinski definition) is 2. The van der Waals surface area contributed by atoms with E-state index in [-0.39, 0.29) is 6.04 Å². The maximum absolute atomic E-state index is 5.64. The summed E-state index contributed by atoms with van der Waals surface area (Å²) in [6.07, 6.45) is 0. The summed E-state index contributed by atoms with van der Waals surface area (Å²) in [6.45, 7) is 5.79. The molecule has 0 aliphatic carbocycles. The van der Waals surface area contributed by atoms with E-state index in [9.17, 15) is 0 Å². The highest BCUT2D eigenvalue weighted by molar-refractivity contribution is 6.28. The van der Waals surface area contributed by atoms with E-state index in [2.05, 4.69) is 11.9 Å². The first-order valence-electron chi connectivity index (χ1n) is 3.73. The van der Waals surface area contributed by atoms with Gasteiger partial charge in [-0.05, 0) is 37.7 Å². The van der Waals surface area contributed by atoms with E-state index in [0.29, 0.717) is 5.22 Å². The third-order valence-corrected chi connectivity index (χ3v) is 1.86. The van der Waals surface area contributed by atoms with Gasteiger partial charge in [0.1, 0.15) is 5.76 Å². The maximum Gasteiger partial charge on any atom is 0.193 e. The van der Waals surface area contributed by atoms with Gasteiger partial charge in [0.05, 0.1) is 6.04 Å². The SMILES string of the molecule is C=C(C)C(NC)c1ccc(Cl)o1. The summed E-state index contributed by atoms with van der Waals surface area (Å²) in [5.41, 5.74) is 1.00. The monoisotopic (exact) mass is 185 g/mol. The zero-order valence-electron chi connectivity index (χ0n) is 7.23. The second-order valence-corrected chi connectivity index (χ2v) is 3.08. The molecule has 1 aromatic heterocycles. The largest absolute Gasteiger partial charge is 0.448 e. The highest BCUT2D eigenvalue weighted by Crippen LogP contribution is 2.23. The minimum atomic E-state index is 0.0532. The van der Waals surface area contributed by atoms with E-state index in [0.717, 1.165) is 11.3 Å². The van der Waals surface area contributed by atoms with Crippen LogP contribution in [0.2, 0.25) is 5.22 Å². The molecule has 1 aromatic rings. The van der Waals surface area contributed by atoms with Crippen molar-refractivity contribution < 1.29 is 4.42 Å². The Labute approximate surface area is 77.2 Å². The highest BCUT2D eigenvalue weighted by atomic mass is 35.5. The molecule has 2 nitrogen and oxygen atoms in total. The molecule has 0 saturated carbocycles. The normalized spacial score (nSPS) is 12.9. The Balaban J connectivity index is 2.87. The van der Waals surface area contributed by atoms with Crippen molar-refractivity contribution in [3.05, 3.63) is 35.3 Å². The second kappa shape index (κ2) is 3.78. The van der Waals surface area contributed by atoms with E-state index in [1.54, 1.807) is 6.07 Å². The van der Waals surface area contributed by atoms with E-state index < -0.39 is 0 Å². The third kappa shape index (κ3) is 1.90. The average Bonchev–Trinajstić information content (AvgIpc) is 2.37. The standard InChI is InChI=1S/C9H12ClNO/c1-6(2)9(11-3)7-4-5-8(10)12-7/h4-5,9,11H,1H2,2-3H3. The summed E-state index contributed by atoms with van der Waals surface area (Å²) < 4.78 is 5.24. The van der Waals surface area contributed by atoms with Gasteiger partial charge in [0.2, 0.25) is 0 Å². The molecular weight excluding hydrogens is 174 g/mol. The molecule has 0 spiro atoms. The summed E-state index contributed by atoms with van der Waals surface area (Å²) >= 11 is 5.64. The summed E-state index contributed by atoms with van der Waals surface area (Å²) in [5.74, 6) is 0.801. The minimum Gasteiger partial charge on any atom is -0.448 e.